The molecule has 0 radical (unpaired) electrons. The fourth-order valence-corrected chi connectivity index (χ4v) is 3.05. The van der Waals surface area contributed by atoms with E-state index in [1.807, 2.05) is 35.7 Å². The maximum atomic E-state index is 11.0. The van der Waals surface area contributed by atoms with Crippen LogP contribution in [0.2, 0.25) is 0 Å². The Hall–Kier alpha value is -2.66. The van der Waals surface area contributed by atoms with Gasteiger partial charge in [-0.3, -0.25) is 0 Å². The Morgan fingerprint density at radius 2 is 2.00 bits per heavy atom. The van der Waals surface area contributed by atoms with Gasteiger partial charge in [0.05, 0.1) is 16.3 Å². The highest BCUT2D eigenvalue weighted by molar-refractivity contribution is 7.10. The minimum atomic E-state index is -0.915. The summed E-state index contributed by atoms with van der Waals surface area (Å²) in [6.45, 7) is 0. The van der Waals surface area contributed by atoms with Gasteiger partial charge in [0.2, 0.25) is 0 Å². The summed E-state index contributed by atoms with van der Waals surface area (Å²) in [4.78, 5) is 15.6. The van der Waals surface area contributed by atoms with Crippen LogP contribution in [-0.4, -0.2) is 16.1 Å². The fourth-order valence-electron chi connectivity index (χ4n) is 2.21. The lowest BCUT2D eigenvalue weighted by molar-refractivity contribution is 0.0697. The van der Waals surface area contributed by atoms with Gasteiger partial charge in [-0.15, -0.1) is 11.3 Å². The zero-order valence-corrected chi connectivity index (χ0v) is 12.5. The van der Waals surface area contributed by atoms with E-state index in [1.54, 1.807) is 29.5 Å². The molecule has 1 heterocycles. The summed E-state index contributed by atoms with van der Waals surface area (Å²) < 4.78 is 0. The first-order valence-corrected chi connectivity index (χ1v) is 7.62. The van der Waals surface area contributed by atoms with E-state index in [9.17, 15) is 4.79 Å². The second-order valence-electron chi connectivity index (χ2n) is 4.93. The Balaban J connectivity index is 1.83. The van der Waals surface area contributed by atoms with E-state index in [0.717, 1.165) is 21.8 Å². The molecule has 0 saturated carbocycles. The number of aromatic carboxylic acids is 1. The predicted molar refractivity (Wildman–Crippen MR) is 88.2 cm³/mol. The number of carbonyl (C=O) groups is 1. The number of nitrogen functional groups attached to an aromatic ring is 1. The van der Waals surface area contributed by atoms with E-state index >= 15 is 0 Å². The van der Waals surface area contributed by atoms with Crippen molar-refractivity contribution in [3.8, 4) is 11.3 Å². The molecule has 0 amide bonds. The van der Waals surface area contributed by atoms with Crippen LogP contribution in [0.15, 0.2) is 53.9 Å². The molecule has 110 valence electrons. The monoisotopic (exact) mass is 310 g/mol. The maximum Gasteiger partial charge on any atom is 0.335 e. The lowest BCUT2D eigenvalue weighted by Gasteiger charge is -2.00. The molecular weight excluding hydrogens is 296 g/mol. The average molecular weight is 310 g/mol. The number of nitrogens with two attached hydrogens (primary N) is 1. The van der Waals surface area contributed by atoms with Crippen LogP contribution < -0.4 is 5.73 Å². The van der Waals surface area contributed by atoms with Crippen LogP contribution in [0.5, 0.6) is 0 Å². The van der Waals surface area contributed by atoms with E-state index in [4.69, 9.17) is 10.8 Å². The topological polar surface area (TPSA) is 76.2 Å². The number of carboxylic acids is 1. The van der Waals surface area contributed by atoms with Crippen LogP contribution in [-0.2, 0) is 6.42 Å². The summed E-state index contributed by atoms with van der Waals surface area (Å²) in [5, 5.41) is 12.0. The van der Waals surface area contributed by atoms with Gasteiger partial charge in [0.1, 0.15) is 0 Å². The first-order chi connectivity index (χ1) is 10.6. The van der Waals surface area contributed by atoms with Gasteiger partial charge < -0.3 is 10.8 Å². The Labute approximate surface area is 131 Å². The Morgan fingerprint density at radius 1 is 1.18 bits per heavy atom. The van der Waals surface area contributed by atoms with Gasteiger partial charge in [0.15, 0.2) is 0 Å². The number of thiazole rings is 1. The smallest absolute Gasteiger partial charge is 0.335 e. The van der Waals surface area contributed by atoms with Gasteiger partial charge >= 0.3 is 5.97 Å². The summed E-state index contributed by atoms with van der Waals surface area (Å²) in [6, 6.07) is 14.5. The van der Waals surface area contributed by atoms with Crippen molar-refractivity contribution in [3.63, 3.8) is 0 Å². The van der Waals surface area contributed by atoms with Gasteiger partial charge in [-0.2, -0.15) is 0 Å². The molecule has 0 aliphatic rings. The van der Waals surface area contributed by atoms with Crippen molar-refractivity contribution in [1.82, 2.24) is 4.98 Å². The van der Waals surface area contributed by atoms with E-state index in [0.29, 0.717) is 17.7 Å². The number of hydrogen-bond donors (Lipinski definition) is 2. The number of benzene rings is 2. The number of rotatable bonds is 4. The Morgan fingerprint density at radius 3 is 2.77 bits per heavy atom. The molecule has 5 heteroatoms. The van der Waals surface area contributed by atoms with Crippen molar-refractivity contribution in [1.29, 1.82) is 0 Å². The first-order valence-electron chi connectivity index (χ1n) is 6.74. The molecule has 0 aliphatic heterocycles. The number of aromatic nitrogens is 1. The highest BCUT2D eigenvalue weighted by atomic mass is 32.1. The molecule has 3 N–H and O–H groups in total. The van der Waals surface area contributed by atoms with Gasteiger partial charge in [0, 0.05) is 23.1 Å². The van der Waals surface area contributed by atoms with Gasteiger partial charge in [-0.25, -0.2) is 9.78 Å². The van der Waals surface area contributed by atoms with E-state index < -0.39 is 5.97 Å². The third-order valence-corrected chi connectivity index (χ3v) is 4.11. The number of nitrogens with zero attached hydrogens (tertiary/aromatic N) is 1. The SMILES string of the molecule is Nc1cccc(-c2csc(Cc3cccc(C(=O)O)c3)n2)c1. The van der Waals surface area contributed by atoms with Crippen molar-refractivity contribution in [3.05, 3.63) is 70.0 Å². The highest BCUT2D eigenvalue weighted by Crippen LogP contribution is 2.25. The molecule has 0 unspecified atom stereocenters. The lowest BCUT2D eigenvalue weighted by Crippen LogP contribution is -1.97. The van der Waals surface area contributed by atoms with Crippen LogP contribution >= 0.6 is 11.3 Å². The number of hydrogen-bond acceptors (Lipinski definition) is 4. The molecule has 1 aromatic heterocycles. The zero-order valence-electron chi connectivity index (χ0n) is 11.7. The molecule has 0 spiro atoms. The number of anilines is 1. The van der Waals surface area contributed by atoms with Crippen LogP contribution in [0.1, 0.15) is 20.9 Å². The second-order valence-corrected chi connectivity index (χ2v) is 5.88. The molecule has 2 aromatic carbocycles. The van der Waals surface area contributed by atoms with Crippen molar-refractivity contribution < 1.29 is 9.90 Å². The van der Waals surface area contributed by atoms with Crippen LogP contribution in [0, 0.1) is 0 Å². The largest absolute Gasteiger partial charge is 0.478 e. The summed E-state index contributed by atoms with van der Waals surface area (Å²) in [5.41, 5.74) is 9.61. The first kappa shape index (κ1) is 14.3. The zero-order chi connectivity index (χ0) is 15.5. The van der Waals surface area contributed by atoms with Crippen LogP contribution in [0.25, 0.3) is 11.3 Å². The Bertz CT molecular complexity index is 827. The Kier molecular flexibility index (Phi) is 3.89. The molecule has 3 rings (SSSR count). The average Bonchev–Trinajstić information content (AvgIpc) is 2.96. The van der Waals surface area contributed by atoms with Gasteiger partial charge in [-0.1, -0.05) is 24.3 Å². The third-order valence-electron chi connectivity index (χ3n) is 3.26. The molecular formula is C17H14N2O2S. The quantitative estimate of drug-likeness (QED) is 0.721. The van der Waals surface area contributed by atoms with Crippen molar-refractivity contribution in [2.45, 2.75) is 6.42 Å². The fraction of sp³-hybridized carbons (Fsp3) is 0.0588. The number of carboxylic acid groups (broad SMARTS) is 1. The minimum absolute atomic E-state index is 0.296. The normalized spacial score (nSPS) is 10.5. The summed E-state index contributed by atoms with van der Waals surface area (Å²) >= 11 is 1.56. The standard InChI is InChI=1S/C17H14N2O2S/c18-14-6-2-4-12(9-14)15-10-22-16(19-15)8-11-3-1-5-13(7-11)17(20)21/h1-7,9-10H,8,18H2,(H,20,21). The van der Waals surface area contributed by atoms with E-state index in [-0.39, 0.29) is 0 Å². The molecule has 0 aliphatic carbocycles. The summed E-state index contributed by atoms with van der Waals surface area (Å²) in [6.07, 6.45) is 0.619. The molecule has 0 bridgehead atoms. The molecule has 0 fully saturated rings. The maximum absolute atomic E-state index is 11.0. The van der Waals surface area contributed by atoms with Crippen molar-refractivity contribution >= 4 is 23.0 Å². The van der Waals surface area contributed by atoms with Crippen LogP contribution in [0.4, 0.5) is 5.69 Å². The molecule has 3 aromatic rings. The molecule has 4 nitrogen and oxygen atoms in total. The van der Waals surface area contributed by atoms with Crippen molar-refractivity contribution in [2.24, 2.45) is 0 Å². The summed E-state index contributed by atoms with van der Waals surface area (Å²) in [7, 11) is 0. The van der Waals surface area contributed by atoms with E-state index in [1.165, 1.54) is 0 Å². The predicted octanol–water partition coefficient (Wildman–Crippen LogP) is 3.68. The third kappa shape index (κ3) is 3.15. The highest BCUT2D eigenvalue weighted by Gasteiger charge is 2.08. The molecule has 0 saturated heterocycles. The molecule has 22 heavy (non-hydrogen) atoms. The van der Waals surface area contributed by atoms with Crippen molar-refractivity contribution in [2.75, 3.05) is 5.73 Å². The van der Waals surface area contributed by atoms with Gasteiger partial charge in [-0.05, 0) is 29.8 Å². The lowest BCUT2D eigenvalue weighted by atomic mass is 10.1. The van der Waals surface area contributed by atoms with Gasteiger partial charge in [0.25, 0.3) is 0 Å². The van der Waals surface area contributed by atoms with Crippen LogP contribution in [0.3, 0.4) is 0 Å². The second kappa shape index (κ2) is 5.99. The minimum Gasteiger partial charge on any atom is -0.478 e. The van der Waals surface area contributed by atoms with E-state index in [2.05, 4.69) is 4.98 Å². The molecule has 0 atom stereocenters. The summed E-state index contributed by atoms with van der Waals surface area (Å²) in [5.74, 6) is -0.915.